The Morgan fingerprint density at radius 2 is 1.37 bits per heavy atom. The molecule has 0 heterocycles. The molecule has 0 saturated heterocycles. The van der Waals surface area contributed by atoms with Crippen LogP contribution in [0.15, 0.2) is 12.1 Å². The minimum absolute atomic E-state index is 0.606. The Kier molecular flexibility index (Phi) is 10.7. The molecule has 1 aliphatic carbocycles. The summed E-state index contributed by atoms with van der Waals surface area (Å²) in [4.78, 5) is 0. The number of benzene rings is 1. The lowest BCUT2D eigenvalue weighted by Gasteiger charge is -2.26. The molecule has 27 heavy (non-hydrogen) atoms. The van der Waals surface area contributed by atoms with E-state index in [4.69, 9.17) is 9.47 Å². The van der Waals surface area contributed by atoms with Crippen LogP contribution in [-0.4, -0.2) is 26.8 Å². The molecule has 1 N–H and O–H groups in total. The monoisotopic (exact) mass is 375 g/mol. The van der Waals surface area contributed by atoms with Crippen LogP contribution in [0.3, 0.4) is 0 Å². The van der Waals surface area contributed by atoms with Crippen molar-refractivity contribution in [2.24, 2.45) is 0 Å². The van der Waals surface area contributed by atoms with E-state index in [-0.39, 0.29) is 0 Å². The predicted molar refractivity (Wildman–Crippen MR) is 115 cm³/mol. The smallest absolute Gasteiger partial charge is 0.161 e. The summed E-state index contributed by atoms with van der Waals surface area (Å²) in [5, 5.41) is 3.78. The van der Waals surface area contributed by atoms with Crippen LogP contribution in [0.1, 0.15) is 88.7 Å². The number of ether oxygens (including phenoxy) is 2. The van der Waals surface area contributed by atoms with Crippen LogP contribution in [0.25, 0.3) is 0 Å². The SMILES string of the molecule is CCCCCCCCCCCCN[C@@H]1CCc2cc(OC)c(OC)cc2C1. The molecule has 0 radical (unpaired) electrons. The maximum Gasteiger partial charge on any atom is 0.161 e. The molecular formula is C24H41NO2. The van der Waals surface area contributed by atoms with Gasteiger partial charge in [-0.05, 0) is 55.5 Å². The summed E-state index contributed by atoms with van der Waals surface area (Å²) < 4.78 is 10.9. The van der Waals surface area contributed by atoms with Gasteiger partial charge in [-0.3, -0.25) is 0 Å². The normalized spacial score (nSPS) is 16.2. The van der Waals surface area contributed by atoms with E-state index in [9.17, 15) is 0 Å². The fourth-order valence-electron chi connectivity index (χ4n) is 4.18. The Labute approximate surface area is 167 Å². The number of hydrogen-bond donors (Lipinski definition) is 1. The molecule has 0 unspecified atom stereocenters. The molecule has 1 atom stereocenters. The molecule has 1 aromatic rings. The highest BCUT2D eigenvalue weighted by Crippen LogP contribution is 2.34. The molecule has 0 aliphatic heterocycles. The number of hydrogen-bond acceptors (Lipinski definition) is 3. The quantitative estimate of drug-likeness (QED) is 0.400. The highest BCUT2D eigenvalue weighted by atomic mass is 16.5. The summed E-state index contributed by atoms with van der Waals surface area (Å²) in [5.41, 5.74) is 2.84. The first-order valence-corrected chi connectivity index (χ1v) is 11.3. The van der Waals surface area contributed by atoms with Crippen LogP contribution in [-0.2, 0) is 12.8 Å². The fourth-order valence-corrected chi connectivity index (χ4v) is 4.18. The van der Waals surface area contributed by atoms with Crippen molar-refractivity contribution in [1.82, 2.24) is 5.32 Å². The zero-order valence-electron chi connectivity index (χ0n) is 17.9. The molecule has 1 aromatic carbocycles. The van der Waals surface area contributed by atoms with Gasteiger partial charge in [-0.1, -0.05) is 64.7 Å². The summed E-state index contributed by atoms with van der Waals surface area (Å²) in [5.74, 6) is 1.71. The molecule has 0 spiro atoms. The Morgan fingerprint density at radius 3 is 1.96 bits per heavy atom. The summed E-state index contributed by atoms with van der Waals surface area (Å²) in [6, 6.07) is 4.93. The van der Waals surface area contributed by atoms with E-state index in [1.807, 2.05) is 0 Å². The molecule has 0 aromatic heterocycles. The van der Waals surface area contributed by atoms with Crippen molar-refractivity contribution < 1.29 is 9.47 Å². The van der Waals surface area contributed by atoms with E-state index in [0.717, 1.165) is 30.9 Å². The molecule has 2 rings (SSSR count). The van der Waals surface area contributed by atoms with Crippen molar-refractivity contribution in [1.29, 1.82) is 0 Å². The third-order valence-electron chi connectivity index (χ3n) is 5.90. The predicted octanol–water partition coefficient (Wildman–Crippen LogP) is 6.07. The van der Waals surface area contributed by atoms with Crippen molar-refractivity contribution in [3.63, 3.8) is 0 Å². The molecule has 3 heteroatoms. The number of rotatable bonds is 14. The van der Waals surface area contributed by atoms with Crippen LogP contribution >= 0.6 is 0 Å². The zero-order valence-corrected chi connectivity index (χ0v) is 17.9. The lowest BCUT2D eigenvalue weighted by atomic mass is 9.87. The van der Waals surface area contributed by atoms with Crippen molar-refractivity contribution >= 4 is 0 Å². The van der Waals surface area contributed by atoms with Gasteiger partial charge in [-0.15, -0.1) is 0 Å². The fraction of sp³-hybridized carbons (Fsp3) is 0.750. The maximum atomic E-state index is 5.46. The molecule has 0 saturated carbocycles. The minimum atomic E-state index is 0.606. The van der Waals surface area contributed by atoms with E-state index < -0.39 is 0 Å². The first-order chi connectivity index (χ1) is 13.3. The van der Waals surface area contributed by atoms with Crippen molar-refractivity contribution in [2.75, 3.05) is 20.8 Å². The third kappa shape index (κ3) is 7.73. The summed E-state index contributed by atoms with van der Waals surface area (Å²) in [6.07, 6.45) is 17.5. The summed E-state index contributed by atoms with van der Waals surface area (Å²) >= 11 is 0. The van der Waals surface area contributed by atoms with Crippen LogP contribution in [0.2, 0.25) is 0 Å². The number of fused-ring (bicyclic) bond motifs is 1. The van der Waals surface area contributed by atoms with Crippen LogP contribution in [0.4, 0.5) is 0 Å². The first-order valence-electron chi connectivity index (χ1n) is 11.3. The van der Waals surface area contributed by atoms with Gasteiger partial charge in [-0.25, -0.2) is 0 Å². The molecule has 1 aliphatic rings. The summed E-state index contributed by atoms with van der Waals surface area (Å²) in [6.45, 7) is 3.44. The van der Waals surface area contributed by atoms with Gasteiger partial charge >= 0.3 is 0 Å². The zero-order chi connectivity index (χ0) is 19.3. The lowest BCUT2D eigenvalue weighted by Crippen LogP contribution is -2.35. The molecule has 0 bridgehead atoms. The van der Waals surface area contributed by atoms with E-state index in [0.29, 0.717) is 6.04 Å². The number of unbranched alkanes of at least 4 members (excludes halogenated alkanes) is 9. The minimum Gasteiger partial charge on any atom is -0.493 e. The average Bonchev–Trinajstić information content (AvgIpc) is 2.70. The van der Waals surface area contributed by atoms with Crippen LogP contribution < -0.4 is 14.8 Å². The van der Waals surface area contributed by atoms with Crippen molar-refractivity contribution in [3.05, 3.63) is 23.3 Å². The van der Waals surface area contributed by atoms with E-state index in [1.165, 1.54) is 81.8 Å². The van der Waals surface area contributed by atoms with Gasteiger partial charge < -0.3 is 14.8 Å². The van der Waals surface area contributed by atoms with Gasteiger partial charge in [0.05, 0.1) is 14.2 Å². The number of nitrogens with one attached hydrogen (secondary N) is 1. The Hall–Kier alpha value is -1.22. The van der Waals surface area contributed by atoms with Gasteiger partial charge in [0.15, 0.2) is 11.5 Å². The third-order valence-corrected chi connectivity index (χ3v) is 5.90. The Bertz CT molecular complexity index is 529. The average molecular weight is 376 g/mol. The Morgan fingerprint density at radius 1 is 0.815 bits per heavy atom. The molecule has 0 amide bonds. The van der Waals surface area contributed by atoms with Gasteiger partial charge in [-0.2, -0.15) is 0 Å². The second kappa shape index (κ2) is 13.0. The molecular weight excluding hydrogens is 334 g/mol. The highest BCUT2D eigenvalue weighted by molar-refractivity contribution is 5.48. The van der Waals surface area contributed by atoms with E-state index >= 15 is 0 Å². The largest absolute Gasteiger partial charge is 0.493 e. The molecule has 154 valence electrons. The van der Waals surface area contributed by atoms with Crippen molar-refractivity contribution in [3.8, 4) is 11.5 Å². The maximum absolute atomic E-state index is 5.46. The topological polar surface area (TPSA) is 30.5 Å². The lowest BCUT2D eigenvalue weighted by molar-refractivity contribution is 0.352. The second-order valence-corrected chi connectivity index (χ2v) is 8.05. The Balaban J connectivity index is 1.57. The molecule has 3 nitrogen and oxygen atoms in total. The van der Waals surface area contributed by atoms with Crippen molar-refractivity contribution in [2.45, 2.75) is 96.4 Å². The van der Waals surface area contributed by atoms with E-state index in [2.05, 4.69) is 24.4 Å². The second-order valence-electron chi connectivity index (χ2n) is 8.05. The first kappa shape index (κ1) is 22.1. The van der Waals surface area contributed by atoms with Gasteiger partial charge in [0.25, 0.3) is 0 Å². The van der Waals surface area contributed by atoms with Crippen LogP contribution in [0, 0.1) is 0 Å². The van der Waals surface area contributed by atoms with E-state index in [1.54, 1.807) is 14.2 Å². The number of methoxy groups -OCH3 is 2. The van der Waals surface area contributed by atoms with Gasteiger partial charge in [0.1, 0.15) is 0 Å². The highest BCUT2D eigenvalue weighted by Gasteiger charge is 2.20. The van der Waals surface area contributed by atoms with Crippen LogP contribution in [0.5, 0.6) is 11.5 Å². The summed E-state index contributed by atoms with van der Waals surface area (Å²) in [7, 11) is 3.43. The van der Waals surface area contributed by atoms with Gasteiger partial charge in [0.2, 0.25) is 0 Å². The number of aryl methyl sites for hydroxylation is 1. The standard InChI is InChI=1S/C24H41NO2/c1-4-5-6-7-8-9-10-11-12-13-16-25-22-15-14-20-18-23(26-2)24(27-3)19-21(20)17-22/h18-19,22,25H,4-17H2,1-3H3/t22-/m1/s1. The van der Waals surface area contributed by atoms with Gasteiger partial charge in [0, 0.05) is 6.04 Å². The molecule has 0 fully saturated rings.